The van der Waals surface area contributed by atoms with Crippen LogP contribution >= 0.6 is 0 Å². The molecule has 2 aliphatic rings. The van der Waals surface area contributed by atoms with Crippen LogP contribution in [-0.2, 0) is 15.7 Å². The second-order valence-corrected chi connectivity index (χ2v) is 6.57. The van der Waals surface area contributed by atoms with E-state index in [9.17, 15) is 18.0 Å². The van der Waals surface area contributed by atoms with Gasteiger partial charge in [-0.1, -0.05) is 0 Å². The lowest BCUT2D eigenvalue weighted by Crippen LogP contribution is -2.40. The summed E-state index contributed by atoms with van der Waals surface area (Å²) in [7, 11) is 0. The molecule has 4 rings (SSSR count). The maximum absolute atomic E-state index is 13.5. The van der Waals surface area contributed by atoms with Crippen LogP contribution < -0.4 is 15.4 Å². The van der Waals surface area contributed by atoms with Crippen molar-refractivity contribution in [2.24, 2.45) is 0 Å². The molecule has 2 aromatic rings. The summed E-state index contributed by atoms with van der Waals surface area (Å²) in [6.07, 6.45) is -4.76. The first-order valence-corrected chi connectivity index (χ1v) is 9.14. The lowest BCUT2D eigenvalue weighted by Gasteiger charge is -2.30. The number of anilines is 2. The number of H-pyrrole nitrogens is 1. The van der Waals surface area contributed by atoms with Gasteiger partial charge in [0, 0.05) is 37.8 Å². The zero-order valence-electron chi connectivity index (χ0n) is 15.4. The highest BCUT2D eigenvalue weighted by molar-refractivity contribution is 5.62. The Balaban J connectivity index is 1.83. The molecular formula is C17H19F3N6O3. The van der Waals surface area contributed by atoms with E-state index in [-0.39, 0.29) is 23.3 Å². The Morgan fingerprint density at radius 2 is 1.38 bits per heavy atom. The second kappa shape index (κ2) is 7.95. The summed E-state index contributed by atoms with van der Waals surface area (Å²) >= 11 is 0. The molecule has 29 heavy (non-hydrogen) atoms. The monoisotopic (exact) mass is 412 g/mol. The van der Waals surface area contributed by atoms with Gasteiger partial charge >= 0.3 is 6.18 Å². The highest BCUT2D eigenvalue weighted by atomic mass is 19.4. The summed E-state index contributed by atoms with van der Waals surface area (Å²) in [6.45, 7) is 3.96. The van der Waals surface area contributed by atoms with E-state index in [1.807, 2.05) is 14.8 Å². The molecule has 0 atom stereocenters. The van der Waals surface area contributed by atoms with Gasteiger partial charge in [0.2, 0.25) is 17.5 Å². The van der Waals surface area contributed by atoms with Crippen molar-refractivity contribution in [3.63, 3.8) is 0 Å². The summed E-state index contributed by atoms with van der Waals surface area (Å²) in [5, 5.41) is 0. The van der Waals surface area contributed by atoms with Gasteiger partial charge in [0.25, 0.3) is 0 Å². The Kier molecular flexibility index (Phi) is 5.37. The Bertz CT molecular complexity index is 887. The fourth-order valence-electron chi connectivity index (χ4n) is 3.17. The van der Waals surface area contributed by atoms with E-state index < -0.39 is 17.4 Å². The summed E-state index contributed by atoms with van der Waals surface area (Å²) < 4.78 is 51.3. The van der Waals surface area contributed by atoms with Crippen LogP contribution in [0.4, 0.5) is 25.1 Å². The molecule has 0 unspecified atom stereocenters. The molecule has 0 bridgehead atoms. The van der Waals surface area contributed by atoms with Crippen LogP contribution in [0.15, 0.2) is 16.9 Å². The Labute approximate surface area is 163 Å². The molecule has 2 aliphatic heterocycles. The van der Waals surface area contributed by atoms with E-state index in [0.717, 1.165) is 12.1 Å². The number of nitrogens with zero attached hydrogens (tertiary/aromatic N) is 5. The van der Waals surface area contributed by atoms with Crippen LogP contribution in [0.3, 0.4) is 0 Å². The number of aromatic amines is 1. The minimum atomic E-state index is -4.76. The molecular weight excluding hydrogens is 393 g/mol. The van der Waals surface area contributed by atoms with E-state index in [1.54, 1.807) is 0 Å². The second-order valence-electron chi connectivity index (χ2n) is 6.57. The fraction of sp³-hybridized carbons (Fsp3) is 0.529. The molecule has 9 nitrogen and oxygen atoms in total. The molecule has 4 heterocycles. The van der Waals surface area contributed by atoms with E-state index >= 15 is 0 Å². The molecule has 2 saturated heterocycles. The maximum atomic E-state index is 13.5. The van der Waals surface area contributed by atoms with Crippen LogP contribution in [0.1, 0.15) is 5.69 Å². The average molecular weight is 412 g/mol. The number of morpholine rings is 2. The van der Waals surface area contributed by atoms with Crippen molar-refractivity contribution in [2.45, 2.75) is 6.18 Å². The van der Waals surface area contributed by atoms with Gasteiger partial charge in [-0.15, -0.1) is 0 Å². The highest BCUT2D eigenvalue weighted by Crippen LogP contribution is 2.34. The van der Waals surface area contributed by atoms with E-state index in [4.69, 9.17) is 9.47 Å². The number of hydrogen-bond donors (Lipinski definition) is 1. The number of pyridine rings is 1. The topological polar surface area (TPSA) is 96.5 Å². The van der Waals surface area contributed by atoms with Crippen LogP contribution in [0.5, 0.6) is 0 Å². The standard InChI is InChI=1S/C17H19F3N6O3/c18-17(19,20)13-11(1-2-12(27)21-13)14-22-15(25-3-7-28-8-4-25)24-16(23-14)26-5-9-29-10-6-26/h1-2H,3-10H2,(H,21,27). The minimum absolute atomic E-state index is 0.147. The van der Waals surface area contributed by atoms with Crippen LogP contribution in [0.25, 0.3) is 11.4 Å². The number of hydrogen-bond acceptors (Lipinski definition) is 8. The molecule has 156 valence electrons. The summed E-state index contributed by atoms with van der Waals surface area (Å²) in [6, 6.07) is 2.11. The van der Waals surface area contributed by atoms with Crippen molar-refractivity contribution in [3.05, 3.63) is 28.2 Å². The van der Waals surface area contributed by atoms with Gasteiger partial charge in [-0.05, 0) is 6.07 Å². The maximum Gasteiger partial charge on any atom is 0.432 e. The highest BCUT2D eigenvalue weighted by Gasteiger charge is 2.36. The predicted octanol–water partition coefficient (Wildman–Crippen LogP) is 0.919. The van der Waals surface area contributed by atoms with Crippen molar-refractivity contribution in [1.29, 1.82) is 0 Å². The van der Waals surface area contributed by atoms with Crippen molar-refractivity contribution >= 4 is 11.9 Å². The number of nitrogens with one attached hydrogen (secondary N) is 1. The molecule has 1 N–H and O–H groups in total. The normalized spacial score (nSPS) is 18.2. The SMILES string of the molecule is O=c1ccc(-c2nc(N3CCOCC3)nc(N3CCOCC3)n2)c(C(F)(F)F)[nH]1. The molecule has 0 radical (unpaired) electrons. The van der Waals surface area contributed by atoms with Gasteiger partial charge in [-0.3, -0.25) is 4.79 Å². The van der Waals surface area contributed by atoms with Crippen molar-refractivity contribution < 1.29 is 22.6 Å². The minimum Gasteiger partial charge on any atom is -0.378 e. The molecule has 2 fully saturated rings. The van der Waals surface area contributed by atoms with E-state index in [0.29, 0.717) is 52.6 Å². The van der Waals surface area contributed by atoms with Crippen molar-refractivity contribution in [2.75, 3.05) is 62.4 Å². The van der Waals surface area contributed by atoms with Gasteiger partial charge < -0.3 is 24.3 Å². The molecule has 0 aromatic carbocycles. The Morgan fingerprint density at radius 1 is 0.862 bits per heavy atom. The molecule has 12 heteroatoms. The zero-order chi connectivity index (χ0) is 20.4. The first-order chi connectivity index (χ1) is 13.9. The third-order valence-corrected chi connectivity index (χ3v) is 4.64. The Hall–Kier alpha value is -2.73. The lowest BCUT2D eigenvalue weighted by atomic mass is 10.1. The summed E-state index contributed by atoms with van der Waals surface area (Å²) in [5.74, 6) is 0.407. The molecule has 0 saturated carbocycles. The number of ether oxygens (including phenoxy) is 2. The van der Waals surface area contributed by atoms with Crippen LogP contribution in [0.2, 0.25) is 0 Å². The molecule has 0 amide bonds. The number of alkyl halides is 3. The largest absolute Gasteiger partial charge is 0.432 e. The number of rotatable bonds is 3. The van der Waals surface area contributed by atoms with E-state index in [1.165, 1.54) is 0 Å². The third kappa shape index (κ3) is 4.32. The average Bonchev–Trinajstić information content (AvgIpc) is 2.74. The molecule has 0 spiro atoms. The smallest absolute Gasteiger partial charge is 0.378 e. The van der Waals surface area contributed by atoms with Gasteiger partial charge in [-0.2, -0.15) is 28.1 Å². The fourth-order valence-corrected chi connectivity index (χ4v) is 3.17. The first-order valence-electron chi connectivity index (χ1n) is 9.14. The number of aromatic nitrogens is 4. The predicted molar refractivity (Wildman–Crippen MR) is 96.9 cm³/mol. The molecule has 2 aromatic heterocycles. The van der Waals surface area contributed by atoms with Crippen molar-refractivity contribution in [1.82, 2.24) is 19.9 Å². The first kappa shape index (κ1) is 19.6. The lowest BCUT2D eigenvalue weighted by molar-refractivity contribution is -0.140. The van der Waals surface area contributed by atoms with Crippen molar-refractivity contribution in [3.8, 4) is 11.4 Å². The van der Waals surface area contributed by atoms with Gasteiger partial charge in [-0.25, -0.2) is 0 Å². The summed E-state index contributed by atoms with van der Waals surface area (Å²) in [5.41, 5.74) is -2.34. The third-order valence-electron chi connectivity index (χ3n) is 4.64. The summed E-state index contributed by atoms with van der Waals surface area (Å²) in [4.78, 5) is 30.1. The quantitative estimate of drug-likeness (QED) is 0.795. The Morgan fingerprint density at radius 3 is 1.86 bits per heavy atom. The molecule has 0 aliphatic carbocycles. The van der Waals surface area contributed by atoms with Gasteiger partial charge in [0.05, 0.1) is 26.4 Å². The van der Waals surface area contributed by atoms with Crippen LogP contribution in [-0.4, -0.2) is 72.5 Å². The van der Waals surface area contributed by atoms with Gasteiger partial charge in [0.15, 0.2) is 5.82 Å². The zero-order valence-corrected chi connectivity index (χ0v) is 15.4. The van der Waals surface area contributed by atoms with Gasteiger partial charge in [0.1, 0.15) is 5.69 Å². The van der Waals surface area contributed by atoms with E-state index in [2.05, 4.69) is 15.0 Å². The van der Waals surface area contributed by atoms with Crippen LogP contribution in [0, 0.1) is 0 Å². The number of halogens is 3.